The Morgan fingerprint density at radius 3 is 2.54 bits per heavy atom. The first-order valence-corrected chi connectivity index (χ1v) is 8.60. The Morgan fingerprint density at radius 1 is 1.29 bits per heavy atom. The maximum absolute atomic E-state index is 13.8. The summed E-state index contributed by atoms with van der Waals surface area (Å²) in [5, 5.41) is 11.1. The lowest BCUT2D eigenvalue weighted by molar-refractivity contribution is -0.385. The Kier molecular flexibility index (Phi) is 5.22. The van der Waals surface area contributed by atoms with Crippen molar-refractivity contribution in [2.45, 2.75) is 18.4 Å². The van der Waals surface area contributed by atoms with E-state index in [-0.39, 0.29) is 27.7 Å². The van der Waals surface area contributed by atoms with Gasteiger partial charge in [0.2, 0.25) is 10.0 Å². The highest BCUT2D eigenvalue weighted by Gasteiger charge is 2.25. The zero-order valence-corrected chi connectivity index (χ0v) is 14.4. The number of aryl methyl sites for hydroxylation is 1. The average Bonchev–Trinajstić information content (AvgIpc) is 2.50. The van der Waals surface area contributed by atoms with Gasteiger partial charge < -0.3 is 0 Å². The van der Waals surface area contributed by atoms with Gasteiger partial charge in [-0.2, -0.15) is 4.31 Å². The smallest absolute Gasteiger partial charge is 0.258 e. The van der Waals surface area contributed by atoms with E-state index >= 15 is 0 Å². The summed E-state index contributed by atoms with van der Waals surface area (Å²) >= 11 is 5.91. The van der Waals surface area contributed by atoms with Gasteiger partial charge in [0.1, 0.15) is 5.82 Å². The van der Waals surface area contributed by atoms with Gasteiger partial charge in [0, 0.05) is 35.8 Å². The summed E-state index contributed by atoms with van der Waals surface area (Å²) in [5.41, 5.74) is 0.0824. The summed E-state index contributed by atoms with van der Waals surface area (Å²) < 4.78 is 39.9. The van der Waals surface area contributed by atoms with Crippen LogP contribution in [-0.2, 0) is 16.6 Å². The quantitative estimate of drug-likeness (QED) is 0.594. The fourth-order valence-electron chi connectivity index (χ4n) is 2.12. The van der Waals surface area contributed by atoms with Crippen LogP contribution in [0.4, 0.5) is 10.1 Å². The Hall–Kier alpha value is -2.03. The Labute approximate surface area is 143 Å². The first-order valence-electron chi connectivity index (χ1n) is 6.79. The molecule has 0 atom stereocenters. The van der Waals surface area contributed by atoms with Crippen molar-refractivity contribution >= 4 is 27.3 Å². The van der Waals surface area contributed by atoms with Gasteiger partial charge in [-0.1, -0.05) is 23.7 Å². The van der Waals surface area contributed by atoms with E-state index in [9.17, 15) is 22.9 Å². The van der Waals surface area contributed by atoms with Crippen LogP contribution in [0.5, 0.6) is 0 Å². The molecule has 2 aromatic carbocycles. The first-order chi connectivity index (χ1) is 11.1. The highest BCUT2D eigenvalue weighted by atomic mass is 35.5. The number of benzene rings is 2. The predicted octanol–water partition coefficient (Wildman–Crippen LogP) is 3.52. The third-order valence-electron chi connectivity index (χ3n) is 3.53. The summed E-state index contributed by atoms with van der Waals surface area (Å²) in [6.07, 6.45) is 0. The molecule has 0 bridgehead atoms. The molecule has 0 fully saturated rings. The molecule has 6 nitrogen and oxygen atoms in total. The molecule has 128 valence electrons. The molecule has 0 aromatic heterocycles. The number of nitrogens with zero attached hydrogens (tertiary/aromatic N) is 2. The highest BCUT2D eigenvalue weighted by Crippen LogP contribution is 2.26. The second kappa shape index (κ2) is 6.84. The lowest BCUT2D eigenvalue weighted by Gasteiger charge is -2.18. The van der Waals surface area contributed by atoms with Gasteiger partial charge in [-0.25, -0.2) is 12.8 Å². The molecule has 0 amide bonds. The molecule has 0 saturated carbocycles. The van der Waals surface area contributed by atoms with E-state index in [1.807, 2.05) is 0 Å². The van der Waals surface area contributed by atoms with Gasteiger partial charge in [-0.3, -0.25) is 10.1 Å². The molecule has 0 aliphatic rings. The van der Waals surface area contributed by atoms with E-state index in [0.717, 1.165) is 10.4 Å². The Morgan fingerprint density at radius 2 is 1.96 bits per heavy atom. The van der Waals surface area contributed by atoms with Crippen LogP contribution < -0.4 is 0 Å². The minimum Gasteiger partial charge on any atom is -0.258 e. The van der Waals surface area contributed by atoms with Gasteiger partial charge in [-0.05, 0) is 25.1 Å². The zero-order valence-electron chi connectivity index (χ0n) is 12.9. The lowest BCUT2D eigenvalue weighted by atomic mass is 10.2. The van der Waals surface area contributed by atoms with E-state index in [1.165, 1.54) is 44.3 Å². The molecule has 9 heteroatoms. The zero-order chi connectivity index (χ0) is 18.1. The molecule has 0 aliphatic heterocycles. The van der Waals surface area contributed by atoms with Crippen molar-refractivity contribution in [3.05, 3.63) is 68.5 Å². The van der Waals surface area contributed by atoms with Crippen LogP contribution in [0, 0.1) is 22.9 Å². The van der Waals surface area contributed by atoms with E-state index in [4.69, 9.17) is 11.6 Å². The normalized spacial score (nSPS) is 11.7. The predicted molar refractivity (Wildman–Crippen MR) is 87.9 cm³/mol. The number of nitro groups is 1. The van der Waals surface area contributed by atoms with Crippen LogP contribution in [0.1, 0.15) is 11.1 Å². The maximum Gasteiger partial charge on any atom is 0.273 e. The van der Waals surface area contributed by atoms with Crippen molar-refractivity contribution in [1.29, 1.82) is 0 Å². The van der Waals surface area contributed by atoms with E-state index in [2.05, 4.69) is 0 Å². The largest absolute Gasteiger partial charge is 0.273 e. The van der Waals surface area contributed by atoms with Crippen molar-refractivity contribution in [2.75, 3.05) is 7.05 Å². The molecule has 2 aromatic rings. The minimum atomic E-state index is -4.04. The van der Waals surface area contributed by atoms with Crippen LogP contribution in [0.25, 0.3) is 0 Å². The molecular formula is C15H14ClFN2O4S. The molecule has 2 rings (SSSR count). The SMILES string of the molecule is Cc1ccc(S(=O)(=O)N(C)Cc2c(F)cccc2Cl)cc1[N+](=O)[O-]. The van der Waals surface area contributed by atoms with Crippen molar-refractivity contribution in [3.8, 4) is 0 Å². The van der Waals surface area contributed by atoms with E-state index in [1.54, 1.807) is 0 Å². The van der Waals surface area contributed by atoms with Gasteiger partial charge >= 0.3 is 0 Å². The van der Waals surface area contributed by atoms with Gasteiger partial charge in [-0.15, -0.1) is 0 Å². The van der Waals surface area contributed by atoms with Gasteiger partial charge in [0.25, 0.3) is 5.69 Å². The standard InChI is InChI=1S/C15H14ClFN2O4S/c1-10-6-7-11(8-15(10)19(20)21)24(22,23)18(2)9-12-13(16)4-3-5-14(12)17/h3-8H,9H2,1-2H3. The maximum atomic E-state index is 13.8. The number of hydrogen-bond acceptors (Lipinski definition) is 4. The number of rotatable bonds is 5. The third-order valence-corrected chi connectivity index (χ3v) is 5.68. The monoisotopic (exact) mass is 372 g/mol. The molecule has 0 aliphatic carbocycles. The van der Waals surface area contributed by atoms with Crippen molar-refractivity contribution < 1.29 is 17.7 Å². The van der Waals surface area contributed by atoms with E-state index < -0.39 is 20.8 Å². The van der Waals surface area contributed by atoms with Crippen LogP contribution >= 0.6 is 11.6 Å². The molecule has 0 saturated heterocycles. The lowest BCUT2D eigenvalue weighted by Crippen LogP contribution is -2.27. The summed E-state index contributed by atoms with van der Waals surface area (Å²) in [6, 6.07) is 7.67. The highest BCUT2D eigenvalue weighted by molar-refractivity contribution is 7.89. The Bertz CT molecular complexity index is 882. The van der Waals surface area contributed by atoms with Gasteiger partial charge in [0.15, 0.2) is 0 Å². The second-order valence-electron chi connectivity index (χ2n) is 5.17. The number of sulfonamides is 1. The van der Waals surface area contributed by atoms with Gasteiger partial charge in [0.05, 0.1) is 9.82 Å². The molecule has 24 heavy (non-hydrogen) atoms. The fourth-order valence-corrected chi connectivity index (χ4v) is 3.50. The molecule has 0 radical (unpaired) electrons. The number of hydrogen-bond donors (Lipinski definition) is 0. The summed E-state index contributed by atoms with van der Waals surface area (Å²) in [6.45, 7) is 1.22. The molecule has 0 N–H and O–H groups in total. The van der Waals surface area contributed by atoms with Crippen LogP contribution in [0.3, 0.4) is 0 Å². The number of halogens is 2. The first kappa shape index (κ1) is 18.3. The van der Waals surface area contributed by atoms with Crippen molar-refractivity contribution in [2.24, 2.45) is 0 Å². The molecule has 0 heterocycles. The summed E-state index contributed by atoms with van der Waals surface area (Å²) in [4.78, 5) is 10.1. The topological polar surface area (TPSA) is 80.5 Å². The molecule has 0 spiro atoms. The van der Waals surface area contributed by atoms with Crippen LogP contribution in [0.15, 0.2) is 41.3 Å². The third kappa shape index (κ3) is 3.55. The average molecular weight is 373 g/mol. The van der Waals surface area contributed by atoms with Crippen LogP contribution in [0.2, 0.25) is 5.02 Å². The number of nitro benzene ring substituents is 1. The molecule has 0 unspecified atom stereocenters. The van der Waals surface area contributed by atoms with E-state index in [0.29, 0.717) is 5.56 Å². The summed E-state index contributed by atoms with van der Waals surface area (Å²) in [7, 11) is -2.79. The summed E-state index contributed by atoms with van der Waals surface area (Å²) in [5.74, 6) is -0.626. The fraction of sp³-hybridized carbons (Fsp3) is 0.200. The Balaban J connectivity index is 2.40. The minimum absolute atomic E-state index is 0.0341. The molecular weight excluding hydrogens is 359 g/mol. The van der Waals surface area contributed by atoms with Crippen molar-refractivity contribution in [1.82, 2.24) is 4.31 Å². The second-order valence-corrected chi connectivity index (χ2v) is 7.62. The van der Waals surface area contributed by atoms with Crippen molar-refractivity contribution in [3.63, 3.8) is 0 Å². The van der Waals surface area contributed by atoms with Crippen LogP contribution in [-0.4, -0.2) is 24.7 Å².